The standard InChI is InChI=1S/C34H33NOS/c1-20(2)15-30-21(3)26-12-11-23(19-31(26)37-30)29-18-24-13-14-35-32(33(24)36-29)25-16-22-9-7-8-10-27(22)28(17-25)34(4,5)6/h7-14,16-20H,15H2,1-6H3. The van der Waals surface area contributed by atoms with Crippen LogP contribution >= 0.6 is 11.3 Å². The summed E-state index contributed by atoms with van der Waals surface area (Å²) in [7, 11) is 0. The minimum absolute atomic E-state index is 0.0144. The van der Waals surface area contributed by atoms with Gasteiger partial charge in [0.05, 0.1) is 0 Å². The highest BCUT2D eigenvalue weighted by molar-refractivity contribution is 7.19. The van der Waals surface area contributed by atoms with Crippen LogP contribution in [0.2, 0.25) is 0 Å². The summed E-state index contributed by atoms with van der Waals surface area (Å²) in [6.45, 7) is 13.6. The molecule has 6 rings (SSSR count). The zero-order valence-electron chi connectivity index (χ0n) is 22.5. The van der Waals surface area contributed by atoms with E-state index in [1.165, 1.54) is 36.9 Å². The third-order valence-electron chi connectivity index (χ3n) is 7.29. The molecule has 0 saturated carbocycles. The molecule has 0 aliphatic heterocycles. The number of benzene rings is 3. The van der Waals surface area contributed by atoms with Gasteiger partial charge < -0.3 is 4.42 Å². The van der Waals surface area contributed by atoms with E-state index in [0.29, 0.717) is 5.92 Å². The Kier molecular flexibility index (Phi) is 5.72. The molecule has 3 aromatic heterocycles. The molecule has 0 bridgehead atoms. The van der Waals surface area contributed by atoms with Crippen molar-refractivity contribution < 1.29 is 4.42 Å². The highest BCUT2D eigenvalue weighted by Gasteiger charge is 2.21. The minimum Gasteiger partial charge on any atom is -0.454 e. The number of hydrogen-bond donors (Lipinski definition) is 0. The van der Waals surface area contributed by atoms with Crippen LogP contribution in [0.3, 0.4) is 0 Å². The summed E-state index contributed by atoms with van der Waals surface area (Å²) in [5.74, 6) is 1.54. The number of rotatable bonds is 4. The first-order valence-electron chi connectivity index (χ1n) is 13.1. The number of pyridine rings is 1. The van der Waals surface area contributed by atoms with Gasteiger partial charge in [-0.15, -0.1) is 11.3 Å². The Labute approximate surface area is 223 Å². The van der Waals surface area contributed by atoms with Gasteiger partial charge in [0.15, 0.2) is 5.58 Å². The maximum Gasteiger partial charge on any atom is 0.161 e. The predicted molar refractivity (Wildman–Crippen MR) is 160 cm³/mol. The van der Waals surface area contributed by atoms with E-state index in [4.69, 9.17) is 9.40 Å². The molecule has 3 heterocycles. The first-order valence-corrected chi connectivity index (χ1v) is 14.0. The van der Waals surface area contributed by atoms with E-state index in [2.05, 4.69) is 102 Å². The van der Waals surface area contributed by atoms with Crippen LogP contribution in [0.1, 0.15) is 50.6 Å². The molecule has 2 nitrogen and oxygen atoms in total. The molecule has 186 valence electrons. The van der Waals surface area contributed by atoms with Crippen molar-refractivity contribution >= 4 is 43.2 Å². The van der Waals surface area contributed by atoms with Gasteiger partial charge in [-0.05, 0) is 82.3 Å². The Bertz CT molecular complexity index is 1780. The van der Waals surface area contributed by atoms with Gasteiger partial charge in [0, 0.05) is 32.3 Å². The Morgan fingerprint density at radius 1 is 0.865 bits per heavy atom. The van der Waals surface area contributed by atoms with E-state index in [9.17, 15) is 0 Å². The van der Waals surface area contributed by atoms with Crippen molar-refractivity contribution in [3.05, 3.63) is 88.9 Å². The quantitative estimate of drug-likeness (QED) is 0.239. The van der Waals surface area contributed by atoms with Crippen LogP contribution in [-0.2, 0) is 11.8 Å². The largest absolute Gasteiger partial charge is 0.454 e. The summed E-state index contributed by atoms with van der Waals surface area (Å²) < 4.78 is 7.90. The van der Waals surface area contributed by atoms with Crippen LogP contribution in [0.15, 0.2) is 77.3 Å². The molecule has 0 unspecified atom stereocenters. The molecular formula is C34H33NOS. The average Bonchev–Trinajstić information content (AvgIpc) is 3.43. The van der Waals surface area contributed by atoms with Crippen molar-refractivity contribution in [1.82, 2.24) is 4.98 Å². The van der Waals surface area contributed by atoms with Gasteiger partial charge >= 0.3 is 0 Å². The summed E-state index contributed by atoms with van der Waals surface area (Å²) in [5.41, 5.74) is 6.70. The van der Waals surface area contributed by atoms with Gasteiger partial charge in [0.2, 0.25) is 0 Å². The molecule has 0 saturated heterocycles. The number of hydrogen-bond acceptors (Lipinski definition) is 3. The minimum atomic E-state index is 0.0144. The molecule has 3 heteroatoms. The molecule has 0 N–H and O–H groups in total. The van der Waals surface area contributed by atoms with Gasteiger partial charge in [-0.25, -0.2) is 0 Å². The number of furan rings is 1. The van der Waals surface area contributed by atoms with Crippen LogP contribution in [0.25, 0.3) is 54.4 Å². The first-order chi connectivity index (χ1) is 17.7. The lowest BCUT2D eigenvalue weighted by Gasteiger charge is -2.22. The van der Waals surface area contributed by atoms with Gasteiger partial charge in [-0.1, -0.05) is 71.0 Å². The fourth-order valence-electron chi connectivity index (χ4n) is 5.38. The molecule has 3 aromatic carbocycles. The van der Waals surface area contributed by atoms with E-state index in [1.54, 1.807) is 0 Å². The summed E-state index contributed by atoms with van der Waals surface area (Å²) in [4.78, 5) is 6.30. The summed E-state index contributed by atoms with van der Waals surface area (Å²) >= 11 is 1.92. The SMILES string of the molecule is Cc1c(CC(C)C)sc2cc(-c3cc4ccnc(-c5cc(C(C)(C)C)c6ccccc6c5)c4o3)ccc12. The van der Waals surface area contributed by atoms with Gasteiger partial charge in [-0.3, -0.25) is 4.98 Å². The molecular weight excluding hydrogens is 470 g/mol. The fraction of sp³-hybridized carbons (Fsp3) is 0.265. The van der Waals surface area contributed by atoms with E-state index < -0.39 is 0 Å². The van der Waals surface area contributed by atoms with Crippen molar-refractivity contribution in [3.63, 3.8) is 0 Å². The number of nitrogens with zero attached hydrogens (tertiary/aromatic N) is 1. The van der Waals surface area contributed by atoms with Crippen molar-refractivity contribution in [1.29, 1.82) is 0 Å². The smallest absolute Gasteiger partial charge is 0.161 e. The lowest BCUT2D eigenvalue weighted by atomic mass is 9.82. The summed E-state index contributed by atoms with van der Waals surface area (Å²) in [6.07, 6.45) is 3.02. The van der Waals surface area contributed by atoms with Gasteiger partial charge in [0.1, 0.15) is 11.5 Å². The van der Waals surface area contributed by atoms with Crippen LogP contribution in [-0.4, -0.2) is 4.98 Å². The molecule has 0 atom stereocenters. The maximum atomic E-state index is 6.57. The second kappa shape index (κ2) is 8.85. The zero-order valence-corrected chi connectivity index (χ0v) is 23.3. The van der Waals surface area contributed by atoms with E-state index in [-0.39, 0.29) is 5.41 Å². The summed E-state index contributed by atoms with van der Waals surface area (Å²) in [5, 5.41) is 4.95. The number of fused-ring (bicyclic) bond motifs is 3. The summed E-state index contributed by atoms with van der Waals surface area (Å²) in [6, 6.07) is 24.1. The number of aromatic nitrogens is 1. The zero-order chi connectivity index (χ0) is 25.9. The topological polar surface area (TPSA) is 26.0 Å². The first kappa shape index (κ1) is 23.9. The number of aryl methyl sites for hydroxylation is 1. The van der Waals surface area contributed by atoms with E-state index >= 15 is 0 Å². The molecule has 0 amide bonds. The normalized spacial score (nSPS) is 12.4. The monoisotopic (exact) mass is 503 g/mol. The fourth-order valence-corrected chi connectivity index (χ4v) is 6.84. The highest BCUT2D eigenvalue weighted by Crippen LogP contribution is 2.40. The lowest BCUT2D eigenvalue weighted by Crippen LogP contribution is -2.12. The molecule has 0 aliphatic carbocycles. The van der Waals surface area contributed by atoms with Crippen molar-refractivity contribution in [2.45, 2.75) is 53.4 Å². The van der Waals surface area contributed by atoms with E-state index in [0.717, 1.165) is 40.0 Å². The average molecular weight is 504 g/mol. The third kappa shape index (κ3) is 4.26. The predicted octanol–water partition coefficient (Wildman–Crippen LogP) is 10.3. The van der Waals surface area contributed by atoms with Crippen molar-refractivity contribution in [2.75, 3.05) is 0 Å². The third-order valence-corrected chi connectivity index (χ3v) is 8.57. The van der Waals surface area contributed by atoms with Crippen LogP contribution in [0.5, 0.6) is 0 Å². The Balaban J connectivity index is 1.49. The molecule has 0 fully saturated rings. The second-order valence-electron chi connectivity index (χ2n) is 11.6. The Morgan fingerprint density at radius 3 is 2.46 bits per heavy atom. The molecule has 6 aromatic rings. The van der Waals surface area contributed by atoms with Crippen molar-refractivity contribution in [3.8, 4) is 22.6 Å². The highest BCUT2D eigenvalue weighted by atomic mass is 32.1. The molecule has 0 aliphatic rings. The maximum absolute atomic E-state index is 6.57. The van der Waals surface area contributed by atoms with Crippen molar-refractivity contribution in [2.24, 2.45) is 5.92 Å². The van der Waals surface area contributed by atoms with Crippen LogP contribution in [0.4, 0.5) is 0 Å². The van der Waals surface area contributed by atoms with E-state index in [1.807, 2.05) is 23.6 Å². The second-order valence-corrected chi connectivity index (χ2v) is 12.8. The number of thiophene rings is 1. The molecule has 0 spiro atoms. The van der Waals surface area contributed by atoms with Gasteiger partial charge in [-0.2, -0.15) is 0 Å². The Hall–Kier alpha value is -3.43. The van der Waals surface area contributed by atoms with Crippen LogP contribution < -0.4 is 0 Å². The Morgan fingerprint density at radius 2 is 1.68 bits per heavy atom. The molecule has 37 heavy (non-hydrogen) atoms. The van der Waals surface area contributed by atoms with Gasteiger partial charge in [0.25, 0.3) is 0 Å². The molecule has 0 radical (unpaired) electrons. The lowest BCUT2D eigenvalue weighted by molar-refractivity contribution is 0.596. The van der Waals surface area contributed by atoms with Crippen LogP contribution in [0, 0.1) is 12.8 Å².